The molecular formula is C13H16F3N3O2. The lowest BCUT2D eigenvalue weighted by atomic mass is 10.1. The van der Waals surface area contributed by atoms with E-state index in [1.807, 2.05) is 0 Å². The molecule has 1 N–H and O–H groups in total. The Morgan fingerprint density at radius 3 is 2.38 bits per heavy atom. The second kappa shape index (κ2) is 5.42. The Morgan fingerprint density at radius 2 is 1.90 bits per heavy atom. The van der Waals surface area contributed by atoms with Gasteiger partial charge in [-0.15, -0.1) is 0 Å². The minimum Gasteiger partial charge on any atom is -0.465 e. The van der Waals surface area contributed by atoms with Crippen LogP contribution in [0.3, 0.4) is 0 Å². The zero-order valence-corrected chi connectivity index (χ0v) is 11.6. The van der Waals surface area contributed by atoms with Crippen LogP contribution in [-0.4, -0.2) is 46.3 Å². The van der Waals surface area contributed by atoms with Crippen LogP contribution >= 0.6 is 0 Å². The number of amides is 1. The number of rotatable bonds is 1. The molecule has 2 rings (SSSR count). The Bertz CT molecular complexity index is 524. The molecule has 1 saturated heterocycles. The molecule has 1 amide bonds. The Labute approximate surface area is 120 Å². The normalized spacial score (nSPS) is 23.3. The molecule has 5 nitrogen and oxygen atoms in total. The first-order valence-electron chi connectivity index (χ1n) is 6.50. The van der Waals surface area contributed by atoms with E-state index in [-0.39, 0.29) is 18.9 Å². The molecule has 0 aromatic carbocycles. The number of nitrogens with zero attached hydrogens (tertiary/aromatic N) is 3. The summed E-state index contributed by atoms with van der Waals surface area (Å²) >= 11 is 0. The lowest BCUT2D eigenvalue weighted by Gasteiger charge is -2.43. The van der Waals surface area contributed by atoms with E-state index >= 15 is 0 Å². The van der Waals surface area contributed by atoms with Crippen LogP contribution in [0, 0.1) is 0 Å². The van der Waals surface area contributed by atoms with Crippen molar-refractivity contribution in [1.29, 1.82) is 0 Å². The average molecular weight is 303 g/mol. The van der Waals surface area contributed by atoms with Crippen LogP contribution in [0.5, 0.6) is 0 Å². The highest BCUT2D eigenvalue weighted by Crippen LogP contribution is 2.36. The minimum absolute atomic E-state index is 0.145. The predicted molar refractivity (Wildman–Crippen MR) is 70.2 cm³/mol. The van der Waals surface area contributed by atoms with Gasteiger partial charge in [-0.2, -0.15) is 13.2 Å². The van der Waals surface area contributed by atoms with E-state index in [4.69, 9.17) is 5.11 Å². The molecule has 0 radical (unpaired) electrons. The number of halogens is 3. The Morgan fingerprint density at radius 1 is 1.33 bits per heavy atom. The first kappa shape index (κ1) is 15.4. The number of hydrogen-bond donors (Lipinski definition) is 1. The number of piperazine rings is 1. The van der Waals surface area contributed by atoms with Crippen LogP contribution in [0.25, 0.3) is 0 Å². The molecule has 1 aromatic rings. The lowest BCUT2D eigenvalue weighted by Crippen LogP contribution is -2.58. The maximum atomic E-state index is 13.0. The smallest absolute Gasteiger partial charge is 0.419 e. The summed E-state index contributed by atoms with van der Waals surface area (Å²) in [5.41, 5.74) is -0.798. The van der Waals surface area contributed by atoms with Gasteiger partial charge in [-0.05, 0) is 26.0 Å². The molecule has 1 aromatic heterocycles. The number of carbonyl (C=O) groups is 1. The largest absolute Gasteiger partial charge is 0.465 e. The number of alkyl halides is 3. The van der Waals surface area contributed by atoms with Crippen LogP contribution in [0.15, 0.2) is 18.3 Å². The van der Waals surface area contributed by atoms with E-state index in [0.717, 1.165) is 6.07 Å². The SMILES string of the molecule is C[C@@H]1CN(c2ncccc2C(F)(F)F)C[C@H](C)N1C(=O)O. The Kier molecular flexibility index (Phi) is 3.97. The van der Waals surface area contributed by atoms with E-state index < -0.39 is 29.9 Å². The fourth-order valence-electron chi connectivity index (χ4n) is 2.74. The van der Waals surface area contributed by atoms with Crippen molar-refractivity contribution < 1.29 is 23.1 Å². The van der Waals surface area contributed by atoms with Crippen molar-refractivity contribution in [2.24, 2.45) is 0 Å². The number of pyridine rings is 1. The number of hydrogen-bond acceptors (Lipinski definition) is 3. The van der Waals surface area contributed by atoms with Crippen molar-refractivity contribution >= 4 is 11.9 Å². The van der Waals surface area contributed by atoms with Crippen LogP contribution in [0.1, 0.15) is 19.4 Å². The molecule has 0 unspecified atom stereocenters. The molecule has 2 atom stereocenters. The van der Waals surface area contributed by atoms with Crippen molar-refractivity contribution in [2.45, 2.75) is 32.1 Å². The standard InChI is InChI=1S/C13H16F3N3O2/c1-8-6-18(7-9(2)19(8)12(20)21)11-10(13(14,15)16)4-3-5-17-11/h3-5,8-9H,6-7H2,1-2H3,(H,20,21)/t8-,9+. The topological polar surface area (TPSA) is 56.7 Å². The zero-order valence-electron chi connectivity index (χ0n) is 11.6. The van der Waals surface area contributed by atoms with Gasteiger partial charge in [0, 0.05) is 19.3 Å². The minimum atomic E-state index is -4.49. The van der Waals surface area contributed by atoms with Crippen LogP contribution in [0.4, 0.5) is 23.8 Å². The third-order valence-electron chi connectivity index (χ3n) is 3.53. The van der Waals surface area contributed by atoms with Gasteiger partial charge in [0.25, 0.3) is 0 Å². The second-order valence-electron chi connectivity index (χ2n) is 5.17. The van der Waals surface area contributed by atoms with E-state index in [1.165, 1.54) is 22.1 Å². The summed E-state index contributed by atoms with van der Waals surface area (Å²) in [7, 11) is 0. The molecule has 0 bridgehead atoms. The Hall–Kier alpha value is -1.99. The zero-order chi connectivity index (χ0) is 15.8. The molecule has 1 aliphatic rings. The summed E-state index contributed by atoms with van der Waals surface area (Å²) in [6.45, 7) is 3.70. The summed E-state index contributed by atoms with van der Waals surface area (Å²) in [5.74, 6) is -0.145. The third kappa shape index (κ3) is 3.03. The lowest BCUT2D eigenvalue weighted by molar-refractivity contribution is -0.137. The van der Waals surface area contributed by atoms with Gasteiger partial charge in [-0.3, -0.25) is 4.90 Å². The van der Waals surface area contributed by atoms with E-state index in [0.29, 0.717) is 0 Å². The van der Waals surface area contributed by atoms with E-state index in [2.05, 4.69) is 4.98 Å². The molecule has 0 spiro atoms. The van der Waals surface area contributed by atoms with Gasteiger partial charge in [-0.25, -0.2) is 9.78 Å². The molecular weight excluding hydrogens is 287 g/mol. The number of aromatic nitrogens is 1. The quantitative estimate of drug-likeness (QED) is 0.866. The monoisotopic (exact) mass is 303 g/mol. The molecule has 116 valence electrons. The third-order valence-corrected chi connectivity index (χ3v) is 3.53. The van der Waals surface area contributed by atoms with Gasteiger partial charge in [0.2, 0.25) is 0 Å². The van der Waals surface area contributed by atoms with E-state index in [1.54, 1.807) is 13.8 Å². The molecule has 0 aliphatic carbocycles. The molecule has 0 saturated carbocycles. The van der Waals surface area contributed by atoms with Crippen LogP contribution in [-0.2, 0) is 6.18 Å². The van der Waals surface area contributed by atoms with Crippen molar-refractivity contribution in [1.82, 2.24) is 9.88 Å². The predicted octanol–water partition coefficient (Wildman–Crippen LogP) is 2.68. The molecule has 1 fully saturated rings. The number of carboxylic acid groups (broad SMARTS) is 1. The first-order chi connectivity index (χ1) is 9.71. The number of anilines is 1. The van der Waals surface area contributed by atoms with Gasteiger partial charge in [0.05, 0.1) is 17.6 Å². The first-order valence-corrected chi connectivity index (χ1v) is 6.50. The summed E-state index contributed by atoms with van der Waals surface area (Å²) < 4.78 is 39.1. The van der Waals surface area contributed by atoms with Crippen molar-refractivity contribution in [3.05, 3.63) is 23.9 Å². The highest BCUT2D eigenvalue weighted by atomic mass is 19.4. The Balaban J connectivity index is 2.31. The van der Waals surface area contributed by atoms with Gasteiger partial charge in [0.15, 0.2) is 0 Å². The maximum absolute atomic E-state index is 13.0. The summed E-state index contributed by atoms with van der Waals surface area (Å²) in [5, 5.41) is 9.13. The van der Waals surface area contributed by atoms with Crippen LogP contribution < -0.4 is 4.90 Å². The average Bonchev–Trinajstić information content (AvgIpc) is 2.36. The summed E-state index contributed by atoms with van der Waals surface area (Å²) in [6, 6.07) is 1.41. The molecule has 8 heteroatoms. The van der Waals surface area contributed by atoms with Gasteiger partial charge < -0.3 is 10.0 Å². The summed E-state index contributed by atoms with van der Waals surface area (Å²) in [4.78, 5) is 17.8. The highest BCUT2D eigenvalue weighted by Gasteiger charge is 2.39. The van der Waals surface area contributed by atoms with Crippen molar-refractivity contribution in [3.8, 4) is 0 Å². The van der Waals surface area contributed by atoms with Gasteiger partial charge in [-0.1, -0.05) is 0 Å². The fraction of sp³-hybridized carbons (Fsp3) is 0.538. The molecule has 1 aliphatic heterocycles. The van der Waals surface area contributed by atoms with Gasteiger partial charge in [0.1, 0.15) is 5.82 Å². The maximum Gasteiger partial charge on any atom is 0.419 e. The highest BCUT2D eigenvalue weighted by molar-refractivity contribution is 5.66. The second-order valence-corrected chi connectivity index (χ2v) is 5.17. The van der Waals surface area contributed by atoms with Crippen molar-refractivity contribution in [2.75, 3.05) is 18.0 Å². The molecule has 21 heavy (non-hydrogen) atoms. The fourth-order valence-corrected chi connectivity index (χ4v) is 2.74. The molecule has 2 heterocycles. The summed E-state index contributed by atoms with van der Waals surface area (Å²) in [6.07, 6.45) is -4.24. The van der Waals surface area contributed by atoms with E-state index in [9.17, 15) is 18.0 Å². The van der Waals surface area contributed by atoms with Crippen LogP contribution in [0.2, 0.25) is 0 Å². The van der Waals surface area contributed by atoms with Crippen molar-refractivity contribution in [3.63, 3.8) is 0 Å². The van der Waals surface area contributed by atoms with Gasteiger partial charge >= 0.3 is 12.3 Å².